The zero-order valence-corrected chi connectivity index (χ0v) is 17.2. The lowest BCUT2D eigenvalue weighted by Gasteiger charge is -2.31. The summed E-state index contributed by atoms with van der Waals surface area (Å²) >= 11 is 0. The molecule has 152 valence electrons. The van der Waals surface area contributed by atoms with Gasteiger partial charge < -0.3 is 10.1 Å². The van der Waals surface area contributed by atoms with Crippen molar-refractivity contribution in [3.8, 4) is 5.75 Å². The van der Waals surface area contributed by atoms with E-state index in [1.54, 1.807) is 26.2 Å². The van der Waals surface area contributed by atoms with E-state index < -0.39 is 27.8 Å². The van der Waals surface area contributed by atoms with Crippen LogP contribution in [0, 0.1) is 5.82 Å². The van der Waals surface area contributed by atoms with E-state index in [0.717, 1.165) is 28.3 Å². The maximum absolute atomic E-state index is 13.2. The fourth-order valence-electron chi connectivity index (χ4n) is 2.93. The molecular weight excluding hydrogens is 383 g/mol. The molecule has 2 aromatic carbocycles. The Morgan fingerprint density at radius 2 is 1.71 bits per heavy atom. The number of methoxy groups -OCH3 is 1. The lowest BCUT2D eigenvalue weighted by molar-refractivity contribution is -0.122. The number of hydrogen-bond donors (Lipinski definition) is 1. The Labute approximate surface area is 165 Å². The summed E-state index contributed by atoms with van der Waals surface area (Å²) in [5.74, 6) is -0.211. The lowest BCUT2D eigenvalue weighted by Crippen LogP contribution is -2.49. The largest absolute Gasteiger partial charge is 0.497 e. The fourth-order valence-corrected chi connectivity index (χ4v) is 4.15. The minimum absolute atomic E-state index is 0.239. The van der Waals surface area contributed by atoms with Gasteiger partial charge in [0.25, 0.3) is 0 Å². The number of carbonyl (C=O) groups excluding carboxylic acids is 1. The summed E-state index contributed by atoms with van der Waals surface area (Å²) in [4.78, 5) is 12.9. The predicted molar refractivity (Wildman–Crippen MR) is 107 cm³/mol. The second-order valence-corrected chi connectivity index (χ2v) is 8.32. The molecule has 1 amide bonds. The van der Waals surface area contributed by atoms with Crippen LogP contribution < -0.4 is 14.4 Å². The normalized spacial score (nSPS) is 13.5. The summed E-state index contributed by atoms with van der Waals surface area (Å²) in [5, 5.41) is 2.86. The summed E-state index contributed by atoms with van der Waals surface area (Å²) in [6, 6.07) is 11.0. The first-order chi connectivity index (χ1) is 13.2. The summed E-state index contributed by atoms with van der Waals surface area (Å²) in [6.07, 6.45) is 1.28. The van der Waals surface area contributed by atoms with Crippen LogP contribution in [0.15, 0.2) is 48.5 Å². The van der Waals surface area contributed by atoms with Gasteiger partial charge in [-0.15, -0.1) is 0 Å². The maximum Gasteiger partial charge on any atom is 0.244 e. The molecule has 0 fully saturated rings. The van der Waals surface area contributed by atoms with Gasteiger partial charge in [0.05, 0.1) is 25.1 Å². The molecule has 0 heterocycles. The third-order valence-electron chi connectivity index (χ3n) is 4.39. The van der Waals surface area contributed by atoms with E-state index in [2.05, 4.69) is 5.32 Å². The third kappa shape index (κ3) is 5.22. The summed E-state index contributed by atoms with van der Waals surface area (Å²) in [5.41, 5.74) is 1.10. The molecule has 6 nitrogen and oxygen atoms in total. The summed E-state index contributed by atoms with van der Waals surface area (Å²) in [7, 11) is -2.19. The maximum atomic E-state index is 13.2. The molecule has 8 heteroatoms. The van der Waals surface area contributed by atoms with E-state index in [4.69, 9.17) is 4.74 Å². The number of rotatable bonds is 8. The van der Waals surface area contributed by atoms with Crippen molar-refractivity contribution in [3.63, 3.8) is 0 Å². The van der Waals surface area contributed by atoms with Gasteiger partial charge in [-0.05, 0) is 55.3 Å². The average Bonchev–Trinajstić information content (AvgIpc) is 2.66. The monoisotopic (exact) mass is 408 g/mol. The molecule has 0 aliphatic carbocycles. The SMILES string of the molecule is CCC(C(=O)NC(C)c1ccc(OC)cc1)N(c1ccc(F)cc1)S(C)(=O)=O. The molecule has 0 saturated carbocycles. The molecular formula is C20H25FN2O4S. The zero-order valence-electron chi connectivity index (χ0n) is 16.3. The number of carbonyl (C=O) groups is 1. The first-order valence-electron chi connectivity index (χ1n) is 8.86. The number of nitrogens with zero attached hydrogens (tertiary/aromatic N) is 1. The standard InChI is InChI=1S/C20H25FN2O4S/c1-5-19(23(28(4,25)26)17-10-8-16(21)9-11-17)20(24)22-14(2)15-6-12-18(27-3)13-7-15/h6-14,19H,5H2,1-4H3,(H,22,24). The molecule has 0 saturated heterocycles. The fraction of sp³-hybridized carbons (Fsp3) is 0.350. The topological polar surface area (TPSA) is 75.7 Å². The number of ether oxygens (including phenoxy) is 1. The quantitative estimate of drug-likeness (QED) is 0.728. The molecule has 0 aromatic heterocycles. The molecule has 0 aliphatic heterocycles. The Kier molecular flexibility index (Phi) is 7.01. The van der Waals surface area contributed by atoms with Gasteiger partial charge in [-0.2, -0.15) is 0 Å². The highest BCUT2D eigenvalue weighted by Crippen LogP contribution is 2.24. The van der Waals surface area contributed by atoms with E-state index in [1.165, 1.54) is 12.1 Å². The molecule has 2 rings (SSSR count). The van der Waals surface area contributed by atoms with E-state index in [-0.39, 0.29) is 18.2 Å². The van der Waals surface area contributed by atoms with Crippen molar-refractivity contribution >= 4 is 21.6 Å². The average molecular weight is 408 g/mol. The molecule has 2 atom stereocenters. The van der Waals surface area contributed by atoms with Crippen LogP contribution in [0.1, 0.15) is 31.9 Å². The number of anilines is 1. The number of hydrogen-bond acceptors (Lipinski definition) is 4. The van der Waals surface area contributed by atoms with Gasteiger partial charge in [-0.25, -0.2) is 12.8 Å². The molecule has 0 bridgehead atoms. The number of amides is 1. The van der Waals surface area contributed by atoms with Crippen LogP contribution in [-0.2, 0) is 14.8 Å². The van der Waals surface area contributed by atoms with Crippen molar-refractivity contribution in [2.45, 2.75) is 32.4 Å². The first kappa shape index (κ1) is 21.7. The predicted octanol–water partition coefficient (Wildman–Crippen LogP) is 3.26. The molecule has 2 aromatic rings. The molecule has 0 spiro atoms. The zero-order chi connectivity index (χ0) is 20.9. The van der Waals surface area contributed by atoms with Gasteiger partial charge in [-0.3, -0.25) is 9.10 Å². The van der Waals surface area contributed by atoms with Crippen LogP contribution in [0.5, 0.6) is 5.75 Å². The highest BCUT2D eigenvalue weighted by atomic mass is 32.2. The lowest BCUT2D eigenvalue weighted by atomic mass is 10.1. The van der Waals surface area contributed by atoms with E-state index >= 15 is 0 Å². The molecule has 0 aliphatic rings. The van der Waals surface area contributed by atoms with Crippen LogP contribution in [-0.4, -0.2) is 33.7 Å². The van der Waals surface area contributed by atoms with Crippen LogP contribution >= 0.6 is 0 Å². The summed E-state index contributed by atoms with van der Waals surface area (Å²) < 4.78 is 44.2. The minimum Gasteiger partial charge on any atom is -0.497 e. The third-order valence-corrected chi connectivity index (χ3v) is 5.57. The number of benzene rings is 2. The van der Waals surface area contributed by atoms with E-state index in [1.807, 2.05) is 19.1 Å². The number of halogens is 1. The number of sulfonamides is 1. The second-order valence-electron chi connectivity index (χ2n) is 6.46. The van der Waals surface area contributed by atoms with Crippen molar-refractivity contribution in [1.29, 1.82) is 0 Å². The Morgan fingerprint density at radius 3 is 2.18 bits per heavy atom. The second kappa shape index (κ2) is 9.05. The van der Waals surface area contributed by atoms with Crippen molar-refractivity contribution in [3.05, 3.63) is 59.9 Å². The van der Waals surface area contributed by atoms with Crippen LogP contribution in [0.4, 0.5) is 10.1 Å². The van der Waals surface area contributed by atoms with E-state index in [9.17, 15) is 17.6 Å². The van der Waals surface area contributed by atoms with Crippen LogP contribution in [0.25, 0.3) is 0 Å². The summed E-state index contributed by atoms with van der Waals surface area (Å²) in [6.45, 7) is 3.54. The van der Waals surface area contributed by atoms with E-state index in [0.29, 0.717) is 5.75 Å². The molecule has 0 radical (unpaired) electrons. The van der Waals surface area contributed by atoms with Gasteiger partial charge in [0.1, 0.15) is 17.6 Å². The van der Waals surface area contributed by atoms with Gasteiger partial charge in [-0.1, -0.05) is 19.1 Å². The van der Waals surface area contributed by atoms with Gasteiger partial charge >= 0.3 is 0 Å². The Hall–Kier alpha value is -2.61. The first-order valence-corrected chi connectivity index (χ1v) is 10.7. The van der Waals surface area contributed by atoms with Crippen molar-refractivity contribution in [2.75, 3.05) is 17.7 Å². The van der Waals surface area contributed by atoms with Crippen LogP contribution in [0.3, 0.4) is 0 Å². The minimum atomic E-state index is -3.76. The van der Waals surface area contributed by atoms with Crippen molar-refractivity contribution in [1.82, 2.24) is 5.32 Å². The van der Waals surface area contributed by atoms with Crippen molar-refractivity contribution < 1.29 is 22.3 Å². The highest BCUT2D eigenvalue weighted by molar-refractivity contribution is 7.92. The van der Waals surface area contributed by atoms with Crippen LogP contribution in [0.2, 0.25) is 0 Å². The molecule has 2 unspecified atom stereocenters. The molecule has 28 heavy (non-hydrogen) atoms. The van der Waals surface area contributed by atoms with Crippen molar-refractivity contribution in [2.24, 2.45) is 0 Å². The Bertz CT molecular complexity index is 899. The smallest absolute Gasteiger partial charge is 0.244 e. The van der Waals surface area contributed by atoms with Gasteiger partial charge in [0.15, 0.2) is 0 Å². The van der Waals surface area contributed by atoms with Gasteiger partial charge in [0.2, 0.25) is 15.9 Å². The Balaban J connectivity index is 2.26. The molecule has 1 N–H and O–H groups in total. The van der Waals surface area contributed by atoms with Gasteiger partial charge in [0, 0.05) is 0 Å². The number of nitrogens with one attached hydrogen (secondary N) is 1. The Morgan fingerprint density at radius 1 is 1.14 bits per heavy atom. The highest BCUT2D eigenvalue weighted by Gasteiger charge is 2.32.